The quantitative estimate of drug-likeness (QED) is 0.633. The third-order valence-electron chi connectivity index (χ3n) is 2.97. The topological polar surface area (TPSA) is 41.9 Å². The molecule has 2 aromatic rings. The summed E-state index contributed by atoms with van der Waals surface area (Å²) in [6, 6.07) is 10.2. The van der Waals surface area contributed by atoms with E-state index in [1.807, 2.05) is 16.9 Å². The minimum absolute atomic E-state index is 0.717. The summed E-state index contributed by atoms with van der Waals surface area (Å²) in [6.07, 6.45) is 6.01. The molecule has 0 saturated carbocycles. The van der Waals surface area contributed by atoms with E-state index in [1.54, 1.807) is 6.20 Å². The highest BCUT2D eigenvalue weighted by Crippen LogP contribution is 2.08. The van der Waals surface area contributed by atoms with Crippen molar-refractivity contribution < 1.29 is 0 Å². The van der Waals surface area contributed by atoms with Crippen LogP contribution in [0.5, 0.6) is 0 Å². The molecule has 5 heteroatoms. The molecule has 1 heterocycles. The van der Waals surface area contributed by atoms with Crippen LogP contribution in [-0.4, -0.2) is 21.4 Å². The zero-order chi connectivity index (χ0) is 14.2. The molecule has 0 fully saturated rings. The molecule has 0 aliphatic rings. The van der Waals surface area contributed by atoms with E-state index in [0.29, 0.717) is 0 Å². The van der Waals surface area contributed by atoms with Crippen LogP contribution in [0.15, 0.2) is 42.7 Å². The predicted octanol–water partition coefficient (Wildman–Crippen LogP) is 2.64. The molecule has 0 amide bonds. The van der Waals surface area contributed by atoms with Gasteiger partial charge in [-0.05, 0) is 42.4 Å². The minimum atomic E-state index is 0.717. The number of hydrogen-bond donors (Lipinski definition) is 2. The third kappa shape index (κ3) is 4.35. The van der Waals surface area contributed by atoms with E-state index >= 15 is 0 Å². The van der Waals surface area contributed by atoms with E-state index in [-0.39, 0.29) is 0 Å². The summed E-state index contributed by atoms with van der Waals surface area (Å²) in [7, 11) is 0. The molecule has 2 N–H and O–H groups in total. The summed E-state index contributed by atoms with van der Waals surface area (Å²) in [4.78, 5) is 0. The number of unbranched alkanes of at least 4 members (excludes halogenated alkanes) is 1. The van der Waals surface area contributed by atoms with Crippen LogP contribution < -0.4 is 10.6 Å². The molecule has 0 spiro atoms. The van der Waals surface area contributed by atoms with E-state index in [9.17, 15) is 0 Å². The summed E-state index contributed by atoms with van der Waals surface area (Å²) in [5.74, 6) is 0. The number of nitrogens with zero attached hydrogens (tertiary/aromatic N) is 2. The highest BCUT2D eigenvalue weighted by atomic mass is 32.1. The second kappa shape index (κ2) is 7.65. The van der Waals surface area contributed by atoms with Gasteiger partial charge in [-0.1, -0.05) is 25.5 Å². The van der Waals surface area contributed by atoms with Gasteiger partial charge < -0.3 is 10.6 Å². The van der Waals surface area contributed by atoms with Gasteiger partial charge in [0.1, 0.15) is 0 Å². The Labute approximate surface area is 125 Å². The van der Waals surface area contributed by atoms with Gasteiger partial charge in [0.2, 0.25) is 0 Å². The van der Waals surface area contributed by atoms with Crippen LogP contribution in [0.3, 0.4) is 0 Å². The lowest BCUT2D eigenvalue weighted by Gasteiger charge is -2.10. The van der Waals surface area contributed by atoms with Gasteiger partial charge in [-0.2, -0.15) is 5.10 Å². The largest absolute Gasteiger partial charge is 0.363 e. The molecule has 0 unspecified atom stereocenters. The van der Waals surface area contributed by atoms with Crippen molar-refractivity contribution in [2.45, 2.75) is 26.3 Å². The Morgan fingerprint density at radius 2 is 2.05 bits per heavy atom. The molecule has 0 bridgehead atoms. The monoisotopic (exact) mass is 288 g/mol. The van der Waals surface area contributed by atoms with Crippen LogP contribution in [0.2, 0.25) is 0 Å². The fraction of sp³-hybridized carbons (Fsp3) is 0.333. The number of nitrogens with one attached hydrogen (secondary N) is 2. The molecule has 1 aromatic carbocycles. The van der Waals surface area contributed by atoms with Crippen LogP contribution in [0.1, 0.15) is 25.3 Å². The van der Waals surface area contributed by atoms with Gasteiger partial charge in [-0.25, -0.2) is 4.68 Å². The number of aromatic nitrogens is 2. The standard InChI is InChI=1S/C15H20N4S/c1-2-3-9-16-15(20)17-12-13-5-7-14(8-6-13)19-11-4-10-18-19/h4-8,10-11H,2-3,9,12H2,1H3,(H2,16,17,20). The van der Waals surface area contributed by atoms with Gasteiger partial charge >= 0.3 is 0 Å². The van der Waals surface area contributed by atoms with Gasteiger partial charge in [0.15, 0.2) is 5.11 Å². The maximum Gasteiger partial charge on any atom is 0.166 e. The van der Waals surface area contributed by atoms with E-state index in [4.69, 9.17) is 12.2 Å². The van der Waals surface area contributed by atoms with Crippen molar-refractivity contribution in [3.8, 4) is 5.69 Å². The molecule has 0 atom stereocenters. The van der Waals surface area contributed by atoms with Crippen molar-refractivity contribution in [1.82, 2.24) is 20.4 Å². The van der Waals surface area contributed by atoms with Crippen molar-refractivity contribution in [1.29, 1.82) is 0 Å². The van der Waals surface area contributed by atoms with E-state index in [1.165, 1.54) is 12.0 Å². The smallest absolute Gasteiger partial charge is 0.166 e. The average molecular weight is 288 g/mol. The summed E-state index contributed by atoms with van der Waals surface area (Å²) >= 11 is 5.22. The SMILES string of the molecule is CCCCNC(=S)NCc1ccc(-n2cccn2)cc1. The maximum absolute atomic E-state index is 5.22. The number of thiocarbonyl (C=S) groups is 1. The highest BCUT2D eigenvalue weighted by Gasteiger charge is 1.98. The molecular formula is C15H20N4S. The Morgan fingerprint density at radius 1 is 1.25 bits per heavy atom. The predicted molar refractivity (Wildman–Crippen MR) is 85.9 cm³/mol. The van der Waals surface area contributed by atoms with Crippen molar-refractivity contribution in [3.05, 3.63) is 48.3 Å². The highest BCUT2D eigenvalue weighted by molar-refractivity contribution is 7.80. The molecule has 20 heavy (non-hydrogen) atoms. The summed E-state index contributed by atoms with van der Waals surface area (Å²) in [5.41, 5.74) is 2.25. The molecule has 1 aromatic heterocycles. The van der Waals surface area contributed by atoms with Gasteiger partial charge in [-0.3, -0.25) is 0 Å². The van der Waals surface area contributed by atoms with Crippen molar-refractivity contribution in [2.24, 2.45) is 0 Å². The van der Waals surface area contributed by atoms with Crippen molar-refractivity contribution >= 4 is 17.3 Å². The first kappa shape index (κ1) is 14.5. The molecular weight excluding hydrogens is 268 g/mol. The number of benzene rings is 1. The Kier molecular flexibility index (Phi) is 5.55. The van der Waals surface area contributed by atoms with E-state index in [2.05, 4.69) is 46.9 Å². The molecule has 0 saturated heterocycles. The molecule has 4 nitrogen and oxygen atoms in total. The van der Waals surface area contributed by atoms with Gasteiger partial charge in [0, 0.05) is 25.5 Å². The first-order chi connectivity index (χ1) is 9.79. The van der Waals surface area contributed by atoms with Gasteiger partial charge in [0.25, 0.3) is 0 Å². The van der Waals surface area contributed by atoms with E-state index < -0.39 is 0 Å². The van der Waals surface area contributed by atoms with Crippen LogP contribution in [0.4, 0.5) is 0 Å². The minimum Gasteiger partial charge on any atom is -0.363 e. The Balaban J connectivity index is 1.81. The lowest BCUT2D eigenvalue weighted by molar-refractivity contribution is 0.739. The Morgan fingerprint density at radius 3 is 2.70 bits per heavy atom. The van der Waals surface area contributed by atoms with Crippen LogP contribution in [0.25, 0.3) is 5.69 Å². The summed E-state index contributed by atoms with van der Waals surface area (Å²) in [5, 5.41) is 11.3. The zero-order valence-electron chi connectivity index (χ0n) is 11.7. The number of rotatable bonds is 6. The lowest BCUT2D eigenvalue weighted by atomic mass is 10.2. The summed E-state index contributed by atoms with van der Waals surface area (Å²) in [6.45, 7) is 3.83. The van der Waals surface area contributed by atoms with Crippen molar-refractivity contribution in [3.63, 3.8) is 0 Å². The molecule has 2 rings (SSSR count). The fourth-order valence-electron chi connectivity index (χ4n) is 1.81. The maximum atomic E-state index is 5.22. The van der Waals surface area contributed by atoms with Crippen molar-refractivity contribution in [2.75, 3.05) is 6.54 Å². The zero-order valence-corrected chi connectivity index (χ0v) is 12.5. The first-order valence-electron chi connectivity index (χ1n) is 6.90. The van der Waals surface area contributed by atoms with Crippen LogP contribution >= 0.6 is 12.2 Å². The molecule has 0 aliphatic carbocycles. The lowest BCUT2D eigenvalue weighted by Crippen LogP contribution is -2.35. The van der Waals surface area contributed by atoms with Gasteiger partial charge in [-0.15, -0.1) is 0 Å². The fourth-order valence-corrected chi connectivity index (χ4v) is 1.99. The molecule has 0 radical (unpaired) electrons. The third-order valence-corrected chi connectivity index (χ3v) is 3.26. The average Bonchev–Trinajstić information content (AvgIpc) is 3.00. The molecule has 0 aliphatic heterocycles. The number of hydrogen-bond acceptors (Lipinski definition) is 2. The Hall–Kier alpha value is -1.88. The second-order valence-electron chi connectivity index (χ2n) is 4.58. The summed E-state index contributed by atoms with van der Waals surface area (Å²) < 4.78 is 1.84. The van der Waals surface area contributed by atoms with E-state index in [0.717, 1.165) is 30.3 Å². The van der Waals surface area contributed by atoms with Crippen LogP contribution in [0, 0.1) is 0 Å². The van der Waals surface area contributed by atoms with Crippen LogP contribution in [-0.2, 0) is 6.54 Å². The normalized spacial score (nSPS) is 10.2. The van der Waals surface area contributed by atoms with Gasteiger partial charge in [0.05, 0.1) is 5.69 Å². The first-order valence-corrected chi connectivity index (χ1v) is 7.31. The Bertz CT molecular complexity index is 519. The second-order valence-corrected chi connectivity index (χ2v) is 4.99. The molecule has 106 valence electrons.